The quantitative estimate of drug-likeness (QED) is 0.369. The van der Waals surface area contributed by atoms with E-state index in [0.717, 1.165) is 10.9 Å². The summed E-state index contributed by atoms with van der Waals surface area (Å²) in [6, 6.07) is 9.08. The summed E-state index contributed by atoms with van der Waals surface area (Å²) in [5.74, 6) is -0.679. The van der Waals surface area contributed by atoms with Gasteiger partial charge in [0.1, 0.15) is 18.2 Å². The van der Waals surface area contributed by atoms with E-state index in [1.165, 1.54) is 42.6 Å². The second-order valence-corrected chi connectivity index (χ2v) is 7.95. The number of piperazine rings is 1. The molecule has 10 heteroatoms. The van der Waals surface area contributed by atoms with Crippen LogP contribution in [0.1, 0.15) is 11.1 Å². The molecule has 34 heavy (non-hydrogen) atoms. The van der Waals surface area contributed by atoms with Gasteiger partial charge in [0, 0.05) is 38.2 Å². The van der Waals surface area contributed by atoms with Gasteiger partial charge in [-0.3, -0.25) is 9.59 Å². The number of amides is 2. The summed E-state index contributed by atoms with van der Waals surface area (Å²) in [5, 5.41) is 19.8. The number of benzene rings is 2. The van der Waals surface area contributed by atoms with E-state index in [2.05, 4.69) is 9.97 Å². The topological polar surface area (TPSA) is 142 Å². The van der Waals surface area contributed by atoms with E-state index < -0.39 is 6.04 Å². The van der Waals surface area contributed by atoms with Crippen LogP contribution < -0.4 is 5.73 Å². The minimum Gasteiger partial charge on any atom is -0.504 e. The third-order valence-electron chi connectivity index (χ3n) is 5.71. The van der Waals surface area contributed by atoms with Crippen LogP contribution in [0.4, 0.5) is 5.82 Å². The van der Waals surface area contributed by atoms with E-state index in [4.69, 9.17) is 10.5 Å². The van der Waals surface area contributed by atoms with Crippen molar-refractivity contribution in [3.8, 4) is 11.5 Å². The van der Waals surface area contributed by atoms with Crippen LogP contribution in [0.25, 0.3) is 17.0 Å². The van der Waals surface area contributed by atoms with Crippen LogP contribution in [0, 0.1) is 0 Å². The lowest BCUT2D eigenvalue weighted by molar-refractivity contribution is -0.152. The lowest BCUT2D eigenvalue weighted by Gasteiger charge is -2.40. The Hall–Kier alpha value is -4.18. The van der Waals surface area contributed by atoms with Gasteiger partial charge in [-0.05, 0) is 41.5 Å². The molecule has 4 rings (SSSR count). The number of carbonyl (C=O) groups excluding carboxylic acids is 2. The highest BCUT2D eigenvalue weighted by atomic mass is 16.5. The van der Waals surface area contributed by atoms with Gasteiger partial charge in [-0.15, -0.1) is 0 Å². The minimum absolute atomic E-state index is 0.0659. The Balaban J connectivity index is 1.48. The highest BCUT2D eigenvalue weighted by Crippen LogP contribution is 2.26. The summed E-state index contributed by atoms with van der Waals surface area (Å²) in [6.45, 7) is 1.13. The third kappa shape index (κ3) is 4.76. The van der Waals surface area contributed by atoms with Gasteiger partial charge in [-0.2, -0.15) is 0 Å². The monoisotopic (exact) mass is 463 g/mol. The van der Waals surface area contributed by atoms with Crippen LogP contribution in [-0.2, 0) is 20.9 Å². The van der Waals surface area contributed by atoms with E-state index in [9.17, 15) is 19.8 Å². The maximum Gasteiger partial charge on any atom is 0.248 e. The number of rotatable bonds is 6. The average Bonchev–Trinajstić information content (AvgIpc) is 2.82. The van der Waals surface area contributed by atoms with Crippen molar-refractivity contribution in [2.24, 2.45) is 0 Å². The smallest absolute Gasteiger partial charge is 0.248 e. The zero-order valence-electron chi connectivity index (χ0n) is 18.6. The third-order valence-corrected chi connectivity index (χ3v) is 5.71. The van der Waals surface area contributed by atoms with Crippen molar-refractivity contribution in [3.63, 3.8) is 0 Å². The van der Waals surface area contributed by atoms with Crippen molar-refractivity contribution >= 4 is 34.6 Å². The molecule has 3 aromatic rings. The van der Waals surface area contributed by atoms with Gasteiger partial charge in [0.05, 0.1) is 12.1 Å². The summed E-state index contributed by atoms with van der Waals surface area (Å²) < 4.78 is 5.24. The molecule has 176 valence electrons. The molecular formula is C24H25N5O5. The first-order chi connectivity index (χ1) is 16.4. The number of aromatic hydroxyl groups is 2. The molecule has 0 aliphatic carbocycles. The van der Waals surface area contributed by atoms with Crippen molar-refractivity contribution < 1.29 is 24.5 Å². The van der Waals surface area contributed by atoms with Crippen LogP contribution in [-0.4, -0.2) is 74.6 Å². The van der Waals surface area contributed by atoms with Crippen LogP contribution in [0.3, 0.4) is 0 Å². The number of hydrogen-bond donors (Lipinski definition) is 3. The Morgan fingerprint density at radius 2 is 2.00 bits per heavy atom. The first-order valence-electron chi connectivity index (χ1n) is 10.6. The Bertz CT molecular complexity index is 1260. The fourth-order valence-electron chi connectivity index (χ4n) is 3.93. The number of nitrogens with zero attached hydrogens (tertiary/aromatic N) is 4. The molecule has 1 aliphatic rings. The Labute approximate surface area is 195 Å². The van der Waals surface area contributed by atoms with Gasteiger partial charge in [-0.25, -0.2) is 9.97 Å². The normalized spacial score (nSPS) is 16.5. The highest BCUT2D eigenvalue weighted by Gasteiger charge is 2.36. The number of phenolic OH excluding ortho intramolecular Hbond substituents is 2. The van der Waals surface area contributed by atoms with Gasteiger partial charge < -0.3 is 30.5 Å². The van der Waals surface area contributed by atoms with Crippen molar-refractivity contribution in [1.82, 2.24) is 19.8 Å². The van der Waals surface area contributed by atoms with Crippen LogP contribution in [0.15, 0.2) is 48.8 Å². The summed E-state index contributed by atoms with van der Waals surface area (Å²) in [5.41, 5.74) is 8.02. The molecule has 2 amide bonds. The molecule has 2 aromatic carbocycles. The SMILES string of the molecule is COC[C@H]1C(=O)N(Cc2ccc3c(N)ncnc3c2)CCN1C(=O)C=Cc1ccc(O)c(O)c1. The number of aromatic nitrogens is 2. The second-order valence-electron chi connectivity index (χ2n) is 7.95. The molecule has 0 bridgehead atoms. The number of anilines is 1. The Morgan fingerprint density at radius 3 is 2.76 bits per heavy atom. The highest BCUT2D eigenvalue weighted by molar-refractivity contribution is 5.96. The number of nitrogen functional groups attached to an aromatic ring is 1. The fourth-order valence-corrected chi connectivity index (χ4v) is 3.93. The lowest BCUT2D eigenvalue weighted by atomic mass is 10.1. The number of fused-ring (bicyclic) bond motifs is 1. The van der Waals surface area contributed by atoms with Gasteiger partial charge in [-0.1, -0.05) is 12.1 Å². The van der Waals surface area contributed by atoms with Gasteiger partial charge in [0.2, 0.25) is 11.8 Å². The molecule has 0 saturated carbocycles. The van der Waals surface area contributed by atoms with Gasteiger partial charge in [0.15, 0.2) is 11.5 Å². The molecule has 1 atom stereocenters. The van der Waals surface area contributed by atoms with E-state index >= 15 is 0 Å². The summed E-state index contributed by atoms with van der Waals surface area (Å²) in [4.78, 5) is 37.5. The maximum absolute atomic E-state index is 13.2. The Kier molecular flexibility index (Phi) is 6.60. The van der Waals surface area contributed by atoms with Crippen molar-refractivity contribution in [2.75, 3.05) is 32.5 Å². The molecular weight excluding hydrogens is 438 g/mol. The minimum atomic E-state index is -0.762. The molecule has 0 radical (unpaired) electrons. The number of methoxy groups -OCH3 is 1. The van der Waals surface area contributed by atoms with Crippen molar-refractivity contribution in [3.05, 3.63) is 59.9 Å². The molecule has 1 aromatic heterocycles. The van der Waals surface area contributed by atoms with E-state index in [-0.39, 0.29) is 29.9 Å². The van der Waals surface area contributed by atoms with Gasteiger partial charge >= 0.3 is 0 Å². The molecule has 1 aliphatic heterocycles. The second kappa shape index (κ2) is 9.75. The standard InChI is InChI=1S/C24H25N5O5/c1-34-13-19-24(33)28(12-16-2-5-17-18(10-16)26-14-27-23(17)25)8-9-29(19)22(32)7-4-15-3-6-20(30)21(31)11-15/h2-7,10-11,14,19,30-31H,8-9,12-13H2,1H3,(H2,25,26,27)/t19-/m0/s1. The molecule has 0 unspecified atom stereocenters. The van der Waals surface area contributed by atoms with Crippen LogP contribution in [0.2, 0.25) is 0 Å². The number of ether oxygens (including phenoxy) is 1. The van der Waals surface area contributed by atoms with Crippen molar-refractivity contribution in [2.45, 2.75) is 12.6 Å². The predicted octanol–water partition coefficient (Wildman–Crippen LogP) is 1.52. The zero-order valence-corrected chi connectivity index (χ0v) is 18.6. The largest absolute Gasteiger partial charge is 0.504 e. The van der Waals surface area contributed by atoms with E-state index in [0.29, 0.717) is 36.5 Å². The molecule has 0 spiro atoms. The summed E-state index contributed by atoms with van der Waals surface area (Å²) >= 11 is 0. The molecule has 10 nitrogen and oxygen atoms in total. The molecule has 1 saturated heterocycles. The van der Waals surface area contributed by atoms with Gasteiger partial charge in [0.25, 0.3) is 0 Å². The van der Waals surface area contributed by atoms with Crippen LogP contribution in [0.5, 0.6) is 11.5 Å². The predicted molar refractivity (Wildman–Crippen MR) is 126 cm³/mol. The fraction of sp³-hybridized carbons (Fsp3) is 0.250. The zero-order chi connectivity index (χ0) is 24.2. The first-order valence-corrected chi connectivity index (χ1v) is 10.6. The first kappa shape index (κ1) is 23.0. The average molecular weight is 463 g/mol. The van der Waals surface area contributed by atoms with E-state index in [1.54, 1.807) is 11.0 Å². The lowest BCUT2D eigenvalue weighted by Crippen LogP contribution is -2.59. The van der Waals surface area contributed by atoms with Crippen LogP contribution >= 0.6 is 0 Å². The van der Waals surface area contributed by atoms with Crippen molar-refractivity contribution in [1.29, 1.82) is 0 Å². The molecule has 2 heterocycles. The maximum atomic E-state index is 13.2. The Morgan fingerprint density at radius 1 is 1.18 bits per heavy atom. The summed E-state index contributed by atoms with van der Waals surface area (Å²) in [6.07, 6.45) is 4.26. The van der Waals surface area contributed by atoms with E-state index in [1.807, 2.05) is 18.2 Å². The summed E-state index contributed by atoms with van der Waals surface area (Å²) in [7, 11) is 1.48. The number of carbonyl (C=O) groups is 2. The number of phenols is 2. The number of nitrogens with two attached hydrogens (primary N) is 1. The molecule has 1 fully saturated rings. The number of hydrogen-bond acceptors (Lipinski definition) is 8. The molecule has 4 N–H and O–H groups in total.